The minimum atomic E-state index is 0.468. The third-order valence-electron chi connectivity index (χ3n) is 16.5. The summed E-state index contributed by atoms with van der Waals surface area (Å²) in [6.45, 7) is 19.2. The predicted octanol–water partition coefficient (Wildman–Crippen LogP) is 23.8. The topological polar surface area (TPSA) is 97.7 Å². The van der Waals surface area contributed by atoms with Gasteiger partial charge >= 0.3 is 0 Å². The van der Waals surface area contributed by atoms with Gasteiger partial charge in [-0.05, 0) is 221 Å². The van der Waals surface area contributed by atoms with Crippen LogP contribution in [-0.4, -0.2) is 53.0 Å². The van der Waals surface area contributed by atoms with Crippen molar-refractivity contribution in [2.45, 2.75) is 203 Å². The minimum absolute atomic E-state index is 0.468. The predicted molar refractivity (Wildman–Crippen MR) is 419 cm³/mol. The Kier molecular flexibility index (Phi) is 38.9. The van der Waals surface area contributed by atoms with Crippen molar-refractivity contribution in [2.24, 2.45) is 0 Å². The van der Waals surface area contributed by atoms with Crippen LogP contribution < -0.4 is 0 Å². The molecule has 1 aromatic heterocycles. The number of unbranched alkanes of at least 4 members (excludes halogenated alkanes) is 15. The van der Waals surface area contributed by atoms with Gasteiger partial charge in [-0.3, -0.25) is 19.9 Å². The molecule has 6 aromatic carbocycles. The van der Waals surface area contributed by atoms with E-state index in [4.69, 9.17) is 28.7 Å². The van der Waals surface area contributed by atoms with E-state index in [1.165, 1.54) is 64.2 Å². The maximum Gasteiger partial charge on any atom is 0.0717 e. The summed E-state index contributed by atoms with van der Waals surface area (Å²) in [5.41, 5.74) is 6.28. The van der Waals surface area contributed by atoms with Crippen LogP contribution in [0.4, 0.5) is 0 Å². The first kappa shape index (κ1) is 79.3. The van der Waals surface area contributed by atoms with E-state index in [1.54, 1.807) is 43.4 Å². The van der Waals surface area contributed by atoms with Gasteiger partial charge < -0.3 is 23.7 Å². The molecule has 9 nitrogen and oxygen atoms in total. The summed E-state index contributed by atoms with van der Waals surface area (Å²) in [5.74, 6) is 0. The van der Waals surface area contributed by atoms with Crippen LogP contribution >= 0.6 is 0 Å². The number of fused-ring (bicyclic) bond motifs is 12. The van der Waals surface area contributed by atoms with Crippen molar-refractivity contribution in [3.8, 4) is 0 Å². The monoisotopic (exact) mass is 1350 g/mol. The Morgan fingerprint density at radius 2 is 0.515 bits per heavy atom. The molecule has 0 atom stereocenters. The van der Waals surface area contributed by atoms with Crippen LogP contribution in [0.15, 0.2) is 183 Å². The molecule has 0 spiro atoms. The SMILES string of the molecule is CCCCCCOCc1cc2c#cc3cc(COCCCCCC)cc(ccncccncc4cc(COCCCCCC)cc(c#cc5cc(COCCCCCC)cc(c#cc6cc(C)cc(ccnccnccc7cc(COCCCCCC)cc(c#cc(c1)c2)c7)c6)c5)c4)c3. The lowest BCUT2D eigenvalue weighted by Crippen LogP contribution is -1.95. The minimum Gasteiger partial charge on any atom is -0.377 e. The van der Waals surface area contributed by atoms with Gasteiger partial charge in [-0.1, -0.05) is 186 Å². The molecule has 0 radical (unpaired) electrons. The Morgan fingerprint density at radius 3 is 0.851 bits per heavy atom. The molecule has 0 fully saturated rings. The Morgan fingerprint density at radius 1 is 0.248 bits per heavy atom. The van der Waals surface area contributed by atoms with Crippen LogP contribution in [0.1, 0.15) is 196 Å². The van der Waals surface area contributed by atoms with Crippen molar-refractivity contribution in [1.29, 1.82) is 0 Å². The molecule has 0 aliphatic carbocycles. The van der Waals surface area contributed by atoms with E-state index in [0.29, 0.717) is 66.1 Å². The van der Waals surface area contributed by atoms with Gasteiger partial charge in [0.25, 0.3) is 0 Å². The largest absolute Gasteiger partial charge is 0.377 e. The summed E-state index contributed by atoms with van der Waals surface area (Å²) < 4.78 is 31.2. The summed E-state index contributed by atoms with van der Waals surface area (Å²) >= 11 is 0. The Bertz CT molecular complexity index is 4160. The van der Waals surface area contributed by atoms with Crippen LogP contribution in [0.5, 0.6) is 0 Å². The molecular formula is C92H108N4O5. The van der Waals surface area contributed by atoms with Gasteiger partial charge in [-0.2, -0.15) is 0 Å². The molecule has 0 N–H and O–H groups in total. The molecule has 7 rings (SSSR count). The molecule has 9 heteroatoms. The van der Waals surface area contributed by atoms with Gasteiger partial charge in [-0.25, -0.2) is 0 Å². The van der Waals surface area contributed by atoms with Crippen LogP contribution in [0.25, 0.3) is 64.6 Å². The average molecular weight is 1350 g/mol. The molecule has 101 heavy (non-hydrogen) atoms. The van der Waals surface area contributed by atoms with Gasteiger partial charge in [0, 0.05) is 126 Å². The summed E-state index contributed by atoms with van der Waals surface area (Å²) in [4.78, 5) is 18.4. The first-order chi connectivity index (χ1) is 49.8. The average Bonchev–Trinajstić information content (AvgIpc) is 0.967. The maximum atomic E-state index is 6.27. The molecule has 0 unspecified atom stereocenters. The van der Waals surface area contributed by atoms with Crippen molar-refractivity contribution < 1.29 is 23.7 Å². The van der Waals surface area contributed by atoms with E-state index in [-0.39, 0.29) is 0 Å². The standard InChI is InChI=1S/C92H108N4O5/c1-7-12-17-22-46-97-70-88-59-77-29-28-76-51-75(6)52-84(53-76)36-42-94-44-45-95-43-38-86-57-82(64-91(67-86)73-100-49-25-20-15-10-4)33-31-79-55-78(60-89(61-79)71-98-47-23-18-13-8-2)30-32-81-56-85(66-90(63-81)72-99-48-24-19-14-9-3)37-41-93-39-27-40-96-69-87-58-83(35-34-80(54-77)62-88)65-92(68-87)74-101-50-26-21-16-11-5/h27,36-45,51-69H,7-26,46-50,70-74H2,1-6H3. The van der Waals surface area contributed by atoms with Gasteiger partial charge in [0.2, 0.25) is 0 Å². The normalized spacial score (nSPS) is 10.6. The van der Waals surface area contributed by atoms with E-state index in [2.05, 4.69) is 214 Å². The fraction of sp³-hybridized carbons (Fsp3) is 0.391. The second-order valence-corrected chi connectivity index (χ2v) is 25.9. The van der Waals surface area contributed by atoms with Gasteiger partial charge in [0.1, 0.15) is 0 Å². The summed E-state index contributed by atoms with van der Waals surface area (Å²) in [7, 11) is 0. The number of nitrogens with zero attached hydrogens (tertiary/aromatic N) is 4. The zero-order valence-corrected chi connectivity index (χ0v) is 61.4. The molecule has 0 aliphatic heterocycles. The van der Waals surface area contributed by atoms with Crippen LogP contribution in [0, 0.1) is 55.5 Å². The van der Waals surface area contributed by atoms with E-state index >= 15 is 0 Å². The highest BCUT2D eigenvalue weighted by atomic mass is 16.5. The van der Waals surface area contributed by atoms with Crippen LogP contribution in [-0.2, 0) is 56.7 Å². The zero-order chi connectivity index (χ0) is 70.8. The summed E-state index contributed by atoms with van der Waals surface area (Å²) in [6.07, 6.45) is 37.0. The van der Waals surface area contributed by atoms with Crippen LogP contribution in [0.2, 0.25) is 0 Å². The highest BCUT2D eigenvalue weighted by Crippen LogP contribution is 2.19. The molecule has 0 saturated carbocycles. The van der Waals surface area contributed by atoms with E-state index in [1.807, 2.05) is 30.5 Å². The van der Waals surface area contributed by atoms with Crippen molar-refractivity contribution in [1.82, 2.24) is 19.9 Å². The van der Waals surface area contributed by atoms with E-state index < -0.39 is 0 Å². The van der Waals surface area contributed by atoms with E-state index in [9.17, 15) is 0 Å². The Hall–Kier alpha value is -9.00. The fourth-order valence-electron chi connectivity index (χ4n) is 11.3. The lowest BCUT2D eigenvalue weighted by atomic mass is 10.1. The maximum absolute atomic E-state index is 6.27. The van der Waals surface area contributed by atoms with Crippen molar-refractivity contribution in [3.05, 3.63) is 265 Å². The molecule has 526 valence electrons. The molecular weight excluding hydrogens is 1240 g/mol. The second kappa shape index (κ2) is 49.5. The Labute approximate surface area is 605 Å². The smallest absolute Gasteiger partial charge is 0.0717 e. The number of ether oxygens (including phenoxy) is 5. The van der Waals surface area contributed by atoms with Crippen molar-refractivity contribution >= 4 is 64.6 Å². The first-order valence-electron chi connectivity index (χ1n) is 37.3. The number of aromatic nitrogens is 4. The van der Waals surface area contributed by atoms with Crippen LogP contribution in [0.3, 0.4) is 0 Å². The summed E-state index contributed by atoms with van der Waals surface area (Å²) in [5, 5.41) is 10.8. The summed E-state index contributed by atoms with van der Waals surface area (Å²) in [6, 6.07) is 73.7. The lowest BCUT2D eigenvalue weighted by Gasteiger charge is -2.05. The van der Waals surface area contributed by atoms with E-state index in [0.717, 1.165) is 162 Å². The molecule has 0 amide bonds. The molecule has 7 aromatic rings. The Balaban J connectivity index is 1.36. The number of hydrogen-bond donors (Lipinski definition) is 0. The molecule has 1 heterocycles. The molecule has 0 saturated heterocycles. The quantitative estimate of drug-likeness (QED) is 0.0360. The third kappa shape index (κ3) is 34.3. The number of rotatable bonds is 35. The number of hydrogen-bond acceptors (Lipinski definition) is 9. The molecule has 0 aliphatic rings. The number of aryl methyl sites for hydroxylation is 1. The van der Waals surface area contributed by atoms with Crippen molar-refractivity contribution in [2.75, 3.05) is 33.0 Å². The highest BCUT2D eigenvalue weighted by Gasteiger charge is 2.03. The number of benzene rings is 6. The van der Waals surface area contributed by atoms with Gasteiger partial charge in [-0.15, -0.1) is 0 Å². The lowest BCUT2D eigenvalue weighted by molar-refractivity contribution is 0.117. The van der Waals surface area contributed by atoms with Gasteiger partial charge in [0.05, 0.1) is 33.0 Å². The first-order valence-corrected chi connectivity index (χ1v) is 37.3. The highest BCUT2D eigenvalue weighted by molar-refractivity contribution is 5.73. The zero-order valence-electron chi connectivity index (χ0n) is 61.4. The second-order valence-electron chi connectivity index (χ2n) is 25.9. The third-order valence-corrected chi connectivity index (χ3v) is 16.5. The van der Waals surface area contributed by atoms with Gasteiger partial charge in [0.15, 0.2) is 0 Å². The fourth-order valence-corrected chi connectivity index (χ4v) is 11.3. The van der Waals surface area contributed by atoms with Crippen molar-refractivity contribution in [3.63, 3.8) is 0 Å². The molecule has 12 bridgehead atoms.